The molecule has 2 aliphatic rings. The maximum absolute atomic E-state index is 12.6. The molecule has 0 spiro atoms. The van der Waals surface area contributed by atoms with Gasteiger partial charge >= 0.3 is 0 Å². The van der Waals surface area contributed by atoms with Gasteiger partial charge in [0.25, 0.3) is 0 Å². The quantitative estimate of drug-likeness (QED) is 0.651. The fraction of sp³-hybridized carbons (Fsp3) is 0.864. The summed E-state index contributed by atoms with van der Waals surface area (Å²) in [6.45, 7) is 11.9. The minimum atomic E-state index is -0.701. The molecule has 6 nitrogen and oxygen atoms in total. The Hall–Kier alpha value is -1.27. The zero-order chi connectivity index (χ0) is 20.7. The van der Waals surface area contributed by atoms with E-state index in [1.54, 1.807) is 0 Å². The Bertz CT molecular complexity index is 533. The molecule has 2 rings (SSSR count). The SMILES string of the molecule is CC(C)C(=O)CC(NC(=O)CN1CCC(N2CCCCC2)CC1)C(=O)C(C)C. The fourth-order valence-electron chi connectivity index (χ4n) is 4.23. The molecule has 6 heteroatoms. The van der Waals surface area contributed by atoms with Gasteiger partial charge < -0.3 is 10.2 Å². The minimum Gasteiger partial charge on any atom is -0.345 e. The van der Waals surface area contributed by atoms with E-state index in [1.807, 2.05) is 27.7 Å². The van der Waals surface area contributed by atoms with E-state index in [0.29, 0.717) is 12.6 Å². The Morgan fingerprint density at radius 1 is 0.893 bits per heavy atom. The van der Waals surface area contributed by atoms with Gasteiger partial charge in [0.05, 0.1) is 12.6 Å². The molecule has 2 heterocycles. The van der Waals surface area contributed by atoms with E-state index in [9.17, 15) is 14.4 Å². The van der Waals surface area contributed by atoms with Crippen molar-refractivity contribution in [3.8, 4) is 0 Å². The predicted molar refractivity (Wildman–Crippen MR) is 111 cm³/mol. The summed E-state index contributed by atoms with van der Waals surface area (Å²) in [4.78, 5) is 41.9. The average molecular weight is 394 g/mol. The number of carbonyl (C=O) groups excluding carboxylic acids is 3. The molecule has 160 valence electrons. The molecule has 0 radical (unpaired) electrons. The van der Waals surface area contributed by atoms with Gasteiger partial charge in [0.15, 0.2) is 5.78 Å². The first-order valence-electron chi connectivity index (χ1n) is 11.1. The second kappa shape index (κ2) is 11.1. The van der Waals surface area contributed by atoms with Crippen LogP contribution in [0.1, 0.15) is 66.2 Å². The average Bonchev–Trinajstić information content (AvgIpc) is 2.67. The smallest absolute Gasteiger partial charge is 0.234 e. The number of carbonyl (C=O) groups is 3. The van der Waals surface area contributed by atoms with Crippen molar-refractivity contribution in [1.29, 1.82) is 0 Å². The first-order valence-corrected chi connectivity index (χ1v) is 11.1. The number of amides is 1. The molecule has 0 aliphatic carbocycles. The molecule has 1 unspecified atom stereocenters. The van der Waals surface area contributed by atoms with E-state index >= 15 is 0 Å². The van der Waals surface area contributed by atoms with Gasteiger partial charge in [0, 0.05) is 37.4 Å². The number of hydrogen-bond donors (Lipinski definition) is 1. The lowest BCUT2D eigenvalue weighted by atomic mass is 9.94. The van der Waals surface area contributed by atoms with Crippen LogP contribution < -0.4 is 5.32 Å². The van der Waals surface area contributed by atoms with Gasteiger partial charge in [-0.2, -0.15) is 0 Å². The van der Waals surface area contributed by atoms with Crippen molar-refractivity contribution >= 4 is 17.5 Å². The van der Waals surface area contributed by atoms with Crippen molar-refractivity contribution in [2.24, 2.45) is 11.8 Å². The molecule has 1 atom stereocenters. The molecule has 2 aliphatic heterocycles. The van der Waals surface area contributed by atoms with Crippen LogP contribution in [0.25, 0.3) is 0 Å². The second-order valence-corrected chi connectivity index (χ2v) is 9.11. The van der Waals surface area contributed by atoms with Crippen LogP contribution in [0.15, 0.2) is 0 Å². The maximum atomic E-state index is 12.6. The van der Waals surface area contributed by atoms with Gasteiger partial charge in [0.1, 0.15) is 5.78 Å². The summed E-state index contributed by atoms with van der Waals surface area (Å²) < 4.78 is 0. The number of piperidine rings is 2. The summed E-state index contributed by atoms with van der Waals surface area (Å²) in [5.74, 6) is -0.529. The largest absolute Gasteiger partial charge is 0.345 e. The molecular weight excluding hydrogens is 354 g/mol. The van der Waals surface area contributed by atoms with Gasteiger partial charge in [-0.05, 0) is 38.8 Å². The van der Waals surface area contributed by atoms with Crippen molar-refractivity contribution in [2.45, 2.75) is 78.3 Å². The van der Waals surface area contributed by atoms with Crippen LogP contribution in [0.2, 0.25) is 0 Å². The molecule has 2 saturated heterocycles. The Balaban J connectivity index is 1.81. The van der Waals surface area contributed by atoms with E-state index < -0.39 is 6.04 Å². The number of nitrogens with zero attached hydrogens (tertiary/aromatic N) is 2. The fourth-order valence-corrected chi connectivity index (χ4v) is 4.23. The topological polar surface area (TPSA) is 69.7 Å². The maximum Gasteiger partial charge on any atom is 0.234 e. The van der Waals surface area contributed by atoms with Crippen molar-refractivity contribution in [2.75, 3.05) is 32.7 Å². The van der Waals surface area contributed by atoms with Gasteiger partial charge in [0.2, 0.25) is 5.91 Å². The summed E-state index contributed by atoms with van der Waals surface area (Å²) in [6, 6.07) is -0.0492. The third-order valence-electron chi connectivity index (χ3n) is 6.13. The standard InChI is InChI=1S/C22H39N3O3/c1-16(2)20(26)14-19(22(28)17(3)4)23-21(27)15-24-12-8-18(9-13-24)25-10-6-5-7-11-25/h16-19H,5-15H2,1-4H3,(H,23,27). The number of Topliss-reactive ketones (excluding diaryl/α,β-unsaturated/α-hetero) is 2. The molecule has 2 fully saturated rings. The first kappa shape index (κ1) is 23.0. The molecule has 28 heavy (non-hydrogen) atoms. The normalized spacial score (nSPS) is 21.1. The van der Waals surface area contributed by atoms with E-state index in [4.69, 9.17) is 0 Å². The highest BCUT2D eigenvalue weighted by Crippen LogP contribution is 2.20. The highest BCUT2D eigenvalue weighted by Gasteiger charge is 2.29. The summed E-state index contributed by atoms with van der Waals surface area (Å²) in [5, 5.41) is 2.84. The Labute approximate surface area is 170 Å². The molecule has 1 amide bonds. The van der Waals surface area contributed by atoms with Gasteiger partial charge in [-0.15, -0.1) is 0 Å². The van der Waals surface area contributed by atoms with Gasteiger partial charge in [-0.3, -0.25) is 19.3 Å². The highest BCUT2D eigenvalue weighted by atomic mass is 16.2. The van der Waals surface area contributed by atoms with Crippen molar-refractivity contribution < 1.29 is 14.4 Å². The molecule has 1 N–H and O–H groups in total. The Morgan fingerprint density at radius 2 is 1.50 bits per heavy atom. The highest BCUT2D eigenvalue weighted by molar-refractivity contribution is 5.95. The predicted octanol–water partition coefficient (Wildman–Crippen LogP) is 2.26. The molecule has 0 bridgehead atoms. The third-order valence-corrected chi connectivity index (χ3v) is 6.13. The Kier molecular flexibility index (Phi) is 9.09. The molecular formula is C22H39N3O3. The van der Waals surface area contributed by atoms with Gasteiger partial charge in [-0.1, -0.05) is 34.1 Å². The zero-order valence-corrected chi connectivity index (χ0v) is 18.2. The lowest BCUT2D eigenvalue weighted by molar-refractivity contribution is -0.132. The summed E-state index contributed by atoms with van der Waals surface area (Å²) in [6.07, 6.45) is 6.27. The second-order valence-electron chi connectivity index (χ2n) is 9.11. The number of likely N-dealkylation sites (tertiary alicyclic amines) is 2. The number of rotatable bonds is 9. The van der Waals surface area contributed by atoms with E-state index in [0.717, 1.165) is 25.9 Å². The van der Waals surface area contributed by atoms with E-state index in [2.05, 4.69) is 15.1 Å². The summed E-state index contributed by atoms with van der Waals surface area (Å²) in [7, 11) is 0. The molecule has 0 aromatic carbocycles. The summed E-state index contributed by atoms with van der Waals surface area (Å²) in [5.41, 5.74) is 0. The van der Waals surface area contributed by atoms with E-state index in [-0.39, 0.29) is 35.7 Å². The molecule has 0 saturated carbocycles. The lowest BCUT2D eigenvalue weighted by Crippen LogP contribution is -2.51. The van der Waals surface area contributed by atoms with Crippen LogP contribution in [0.3, 0.4) is 0 Å². The third kappa shape index (κ3) is 6.96. The van der Waals surface area contributed by atoms with Crippen molar-refractivity contribution in [1.82, 2.24) is 15.1 Å². The van der Waals surface area contributed by atoms with Gasteiger partial charge in [-0.25, -0.2) is 0 Å². The van der Waals surface area contributed by atoms with E-state index in [1.165, 1.54) is 32.4 Å². The van der Waals surface area contributed by atoms with Crippen LogP contribution in [-0.4, -0.2) is 72.1 Å². The van der Waals surface area contributed by atoms with Crippen LogP contribution in [0.5, 0.6) is 0 Å². The monoisotopic (exact) mass is 393 g/mol. The van der Waals surface area contributed by atoms with Crippen LogP contribution in [0.4, 0.5) is 0 Å². The minimum absolute atomic E-state index is 0.0154. The van der Waals surface area contributed by atoms with Crippen LogP contribution in [-0.2, 0) is 14.4 Å². The Morgan fingerprint density at radius 3 is 2.04 bits per heavy atom. The zero-order valence-electron chi connectivity index (χ0n) is 18.2. The number of ketones is 2. The first-order chi connectivity index (χ1) is 13.3. The molecule has 0 aromatic rings. The lowest BCUT2D eigenvalue weighted by Gasteiger charge is -2.40. The number of nitrogens with one attached hydrogen (secondary N) is 1. The molecule has 0 aromatic heterocycles. The summed E-state index contributed by atoms with van der Waals surface area (Å²) >= 11 is 0. The van der Waals surface area contributed by atoms with Crippen LogP contribution >= 0.6 is 0 Å². The van der Waals surface area contributed by atoms with Crippen molar-refractivity contribution in [3.63, 3.8) is 0 Å². The van der Waals surface area contributed by atoms with Crippen LogP contribution in [0, 0.1) is 11.8 Å². The number of hydrogen-bond acceptors (Lipinski definition) is 5. The van der Waals surface area contributed by atoms with Crippen molar-refractivity contribution in [3.05, 3.63) is 0 Å².